The monoisotopic (exact) mass is 277 g/mol. The third kappa shape index (κ3) is 4.55. The highest BCUT2D eigenvalue weighted by Crippen LogP contribution is 2.14. The zero-order valence-corrected chi connectivity index (χ0v) is 12.2. The molecule has 0 aliphatic heterocycles. The Bertz CT molecular complexity index is 565. The SMILES string of the molecule is C/C=C\CN(CC#CCC)S(=O)(=O)c1ccccc1. The molecule has 0 saturated carbocycles. The van der Waals surface area contributed by atoms with Crippen LogP contribution >= 0.6 is 0 Å². The third-order valence-corrected chi connectivity index (χ3v) is 4.31. The molecule has 0 amide bonds. The molecule has 0 spiro atoms. The van der Waals surface area contributed by atoms with Gasteiger partial charge in [0.15, 0.2) is 0 Å². The van der Waals surface area contributed by atoms with E-state index in [2.05, 4.69) is 11.8 Å². The summed E-state index contributed by atoms with van der Waals surface area (Å²) < 4.78 is 26.3. The lowest BCUT2D eigenvalue weighted by atomic mass is 10.4. The van der Waals surface area contributed by atoms with Crippen LogP contribution in [0.2, 0.25) is 0 Å². The number of nitrogens with zero attached hydrogens (tertiary/aromatic N) is 1. The molecule has 0 aliphatic rings. The van der Waals surface area contributed by atoms with Crippen LogP contribution in [0.4, 0.5) is 0 Å². The average molecular weight is 277 g/mol. The maximum absolute atomic E-state index is 12.5. The topological polar surface area (TPSA) is 37.4 Å². The van der Waals surface area contributed by atoms with Crippen LogP contribution in [0.25, 0.3) is 0 Å². The van der Waals surface area contributed by atoms with E-state index in [1.807, 2.05) is 26.0 Å². The molecule has 0 bridgehead atoms. The molecule has 0 N–H and O–H groups in total. The molecular weight excluding hydrogens is 258 g/mol. The first-order chi connectivity index (χ1) is 9.12. The second-order valence-corrected chi connectivity index (χ2v) is 5.82. The molecule has 19 heavy (non-hydrogen) atoms. The van der Waals surface area contributed by atoms with Crippen molar-refractivity contribution in [2.24, 2.45) is 0 Å². The van der Waals surface area contributed by atoms with E-state index in [1.165, 1.54) is 4.31 Å². The summed E-state index contributed by atoms with van der Waals surface area (Å²) in [5.41, 5.74) is 0. The largest absolute Gasteiger partial charge is 0.244 e. The molecule has 3 nitrogen and oxygen atoms in total. The Morgan fingerprint density at radius 1 is 1.21 bits per heavy atom. The van der Waals surface area contributed by atoms with Crippen molar-refractivity contribution in [1.82, 2.24) is 4.31 Å². The average Bonchev–Trinajstić information content (AvgIpc) is 2.43. The summed E-state index contributed by atoms with van der Waals surface area (Å²) >= 11 is 0. The molecule has 102 valence electrons. The minimum Gasteiger partial charge on any atom is -0.207 e. The maximum atomic E-state index is 12.5. The van der Waals surface area contributed by atoms with E-state index >= 15 is 0 Å². The van der Waals surface area contributed by atoms with Crippen molar-refractivity contribution in [2.75, 3.05) is 13.1 Å². The lowest BCUT2D eigenvalue weighted by Gasteiger charge is -2.18. The van der Waals surface area contributed by atoms with Crippen molar-refractivity contribution in [1.29, 1.82) is 0 Å². The van der Waals surface area contributed by atoms with Crippen LogP contribution in [0.5, 0.6) is 0 Å². The summed E-state index contributed by atoms with van der Waals surface area (Å²) in [4.78, 5) is 0.304. The first kappa shape index (κ1) is 15.5. The van der Waals surface area contributed by atoms with Crippen LogP contribution in [-0.2, 0) is 10.0 Å². The Hall–Kier alpha value is -1.57. The highest BCUT2D eigenvalue weighted by Gasteiger charge is 2.22. The predicted octanol–water partition coefficient (Wildman–Crippen LogP) is 2.67. The Morgan fingerprint density at radius 2 is 1.89 bits per heavy atom. The predicted molar refractivity (Wildman–Crippen MR) is 78.1 cm³/mol. The number of sulfonamides is 1. The summed E-state index contributed by atoms with van der Waals surface area (Å²) in [6.07, 6.45) is 4.37. The van der Waals surface area contributed by atoms with Crippen molar-refractivity contribution >= 4 is 10.0 Å². The van der Waals surface area contributed by atoms with Crippen molar-refractivity contribution < 1.29 is 8.42 Å². The standard InChI is InChI=1S/C15H19NO2S/c1-3-5-10-14-16(13-6-4-2)19(17,18)15-11-8-7-9-12-15/h4,6-9,11-12H,3,13-14H2,1-2H3/b6-4-. The molecule has 1 aromatic carbocycles. The van der Waals surface area contributed by atoms with E-state index in [0.29, 0.717) is 11.4 Å². The van der Waals surface area contributed by atoms with Crippen LogP contribution < -0.4 is 0 Å². The molecular formula is C15H19NO2S. The van der Waals surface area contributed by atoms with E-state index in [1.54, 1.807) is 30.3 Å². The quantitative estimate of drug-likeness (QED) is 0.613. The van der Waals surface area contributed by atoms with Gasteiger partial charge >= 0.3 is 0 Å². The molecule has 0 unspecified atom stereocenters. The van der Waals surface area contributed by atoms with Crippen molar-refractivity contribution in [3.05, 3.63) is 42.5 Å². The molecule has 0 fully saturated rings. The minimum absolute atomic E-state index is 0.218. The number of hydrogen-bond acceptors (Lipinski definition) is 2. The van der Waals surface area contributed by atoms with Crippen LogP contribution in [-0.4, -0.2) is 25.8 Å². The van der Waals surface area contributed by atoms with Crippen LogP contribution in [0.3, 0.4) is 0 Å². The van der Waals surface area contributed by atoms with Crippen LogP contribution in [0, 0.1) is 11.8 Å². The number of allylic oxidation sites excluding steroid dienone is 1. The van der Waals surface area contributed by atoms with Crippen molar-refractivity contribution in [3.63, 3.8) is 0 Å². The summed E-state index contributed by atoms with van der Waals surface area (Å²) in [6.45, 7) is 4.36. The Morgan fingerprint density at radius 3 is 2.47 bits per heavy atom. The van der Waals surface area contributed by atoms with E-state index in [-0.39, 0.29) is 6.54 Å². The van der Waals surface area contributed by atoms with Crippen molar-refractivity contribution in [3.8, 4) is 11.8 Å². The molecule has 0 heterocycles. The molecule has 0 atom stereocenters. The zero-order chi connectivity index (χ0) is 14.1. The Labute approximate surface area is 116 Å². The van der Waals surface area contributed by atoms with Gasteiger partial charge in [0.25, 0.3) is 0 Å². The first-order valence-corrected chi connectivity index (χ1v) is 7.69. The van der Waals surface area contributed by atoms with E-state index in [0.717, 1.165) is 6.42 Å². The summed E-state index contributed by atoms with van der Waals surface area (Å²) in [7, 11) is -3.47. The van der Waals surface area contributed by atoms with E-state index < -0.39 is 10.0 Å². The molecule has 1 rings (SSSR count). The fourth-order valence-electron chi connectivity index (χ4n) is 1.48. The highest BCUT2D eigenvalue weighted by molar-refractivity contribution is 7.89. The Kier molecular flexibility index (Phi) is 6.34. The molecule has 0 radical (unpaired) electrons. The second kappa shape index (κ2) is 7.78. The van der Waals surface area contributed by atoms with Gasteiger partial charge in [-0.25, -0.2) is 8.42 Å². The lowest BCUT2D eigenvalue weighted by molar-refractivity contribution is 0.478. The fraction of sp³-hybridized carbons (Fsp3) is 0.333. The smallest absolute Gasteiger partial charge is 0.207 e. The second-order valence-electron chi connectivity index (χ2n) is 3.89. The van der Waals surface area contributed by atoms with Gasteiger partial charge in [-0.3, -0.25) is 0 Å². The fourth-order valence-corrected chi connectivity index (χ4v) is 2.80. The first-order valence-electron chi connectivity index (χ1n) is 6.25. The minimum atomic E-state index is -3.47. The van der Waals surface area contributed by atoms with Crippen molar-refractivity contribution in [2.45, 2.75) is 25.2 Å². The molecule has 1 aromatic rings. The number of benzene rings is 1. The van der Waals surface area contributed by atoms with Crippen LogP contribution in [0.15, 0.2) is 47.4 Å². The van der Waals surface area contributed by atoms with Gasteiger partial charge < -0.3 is 0 Å². The van der Waals surface area contributed by atoms with Gasteiger partial charge in [0.2, 0.25) is 10.0 Å². The van der Waals surface area contributed by atoms with Gasteiger partial charge in [-0.1, -0.05) is 43.2 Å². The number of rotatable bonds is 5. The summed E-state index contributed by atoms with van der Waals surface area (Å²) in [6, 6.07) is 8.44. The molecule has 0 saturated heterocycles. The summed E-state index contributed by atoms with van der Waals surface area (Å²) in [5, 5.41) is 0. The van der Waals surface area contributed by atoms with E-state index in [4.69, 9.17) is 0 Å². The van der Waals surface area contributed by atoms with Gasteiger partial charge in [0.1, 0.15) is 0 Å². The molecule has 0 aliphatic carbocycles. The lowest BCUT2D eigenvalue weighted by Crippen LogP contribution is -2.31. The summed E-state index contributed by atoms with van der Waals surface area (Å²) in [5.74, 6) is 5.78. The van der Waals surface area contributed by atoms with Gasteiger partial charge in [0, 0.05) is 13.0 Å². The molecule has 4 heteroatoms. The van der Waals surface area contributed by atoms with Gasteiger partial charge in [-0.2, -0.15) is 4.31 Å². The van der Waals surface area contributed by atoms with Gasteiger partial charge in [0.05, 0.1) is 11.4 Å². The van der Waals surface area contributed by atoms with E-state index in [9.17, 15) is 8.42 Å². The maximum Gasteiger partial charge on any atom is 0.244 e. The van der Waals surface area contributed by atoms with Gasteiger partial charge in [-0.15, -0.1) is 5.92 Å². The molecule has 0 aromatic heterocycles. The van der Waals surface area contributed by atoms with Gasteiger partial charge in [-0.05, 0) is 19.1 Å². The zero-order valence-electron chi connectivity index (χ0n) is 11.3. The highest BCUT2D eigenvalue weighted by atomic mass is 32.2. The van der Waals surface area contributed by atoms with Crippen LogP contribution in [0.1, 0.15) is 20.3 Å². The Balaban J connectivity index is 3.01. The normalized spacial score (nSPS) is 11.5. The third-order valence-electron chi connectivity index (χ3n) is 2.48. The number of hydrogen-bond donors (Lipinski definition) is 0.